The molecule has 0 aromatic rings. The van der Waals surface area contributed by atoms with Crippen LogP contribution in [0.25, 0.3) is 0 Å². The van der Waals surface area contributed by atoms with Crippen molar-refractivity contribution in [3.05, 3.63) is 60.8 Å². The fourth-order valence-corrected chi connectivity index (χ4v) is 7.17. The van der Waals surface area contributed by atoms with Gasteiger partial charge in [-0.25, -0.2) is 4.79 Å². The number of nitrogens with zero attached hydrogens (tertiary/aromatic N) is 1. The van der Waals surface area contributed by atoms with Gasteiger partial charge in [0.15, 0.2) is 6.10 Å². The number of ether oxygens (including phenoxy) is 4. The van der Waals surface area contributed by atoms with Crippen LogP contribution in [0.3, 0.4) is 0 Å². The highest BCUT2D eigenvalue weighted by Gasteiger charge is 2.25. The molecule has 0 bridgehead atoms. The third kappa shape index (κ3) is 48.7. The van der Waals surface area contributed by atoms with Crippen molar-refractivity contribution in [1.82, 2.24) is 0 Å². The Labute approximate surface area is 399 Å². The molecule has 0 saturated carbocycles. The third-order valence-electron chi connectivity index (χ3n) is 11.3. The second-order valence-electron chi connectivity index (χ2n) is 18.8. The Morgan fingerprint density at radius 1 is 0.477 bits per heavy atom. The summed E-state index contributed by atoms with van der Waals surface area (Å²) in [5.41, 5.74) is 0. The Hall–Kier alpha value is -3.01. The van der Waals surface area contributed by atoms with Gasteiger partial charge in [-0.15, -0.1) is 0 Å². The summed E-state index contributed by atoms with van der Waals surface area (Å²) in [7, 11) is 5.95. The van der Waals surface area contributed by atoms with Gasteiger partial charge in [0.25, 0.3) is 6.29 Å². The molecule has 0 fully saturated rings. The smallest absolute Gasteiger partial charge is 0.361 e. The van der Waals surface area contributed by atoms with Crippen LogP contribution in [0.4, 0.5) is 0 Å². The fraction of sp³-hybridized carbons (Fsp3) is 0.768. The molecule has 9 nitrogen and oxygen atoms in total. The van der Waals surface area contributed by atoms with E-state index in [1.807, 2.05) is 21.1 Å². The number of allylic oxidation sites excluding steroid dienone is 10. The summed E-state index contributed by atoms with van der Waals surface area (Å²) >= 11 is 0. The van der Waals surface area contributed by atoms with E-state index < -0.39 is 24.3 Å². The quantitative estimate of drug-likeness (QED) is 0.0211. The Bertz CT molecular complexity index is 1250. The van der Waals surface area contributed by atoms with Gasteiger partial charge in [-0.2, -0.15) is 0 Å². The van der Waals surface area contributed by atoms with Crippen LogP contribution in [0.15, 0.2) is 60.8 Å². The lowest BCUT2D eigenvalue weighted by Gasteiger charge is -2.25. The highest BCUT2D eigenvalue weighted by atomic mass is 16.7. The molecule has 0 radical (unpaired) electrons. The van der Waals surface area contributed by atoms with Gasteiger partial charge < -0.3 is 28.5 Å². The van der Waals surface area contributed by atoms with E-state index in [2.05, 4.69) is 74.6 Å². The van der Waals surface area contributed by atoms with E-state index in [1.165, 1.54) is 103 Å². The predicted molar refractivity (Wildman–Crippen MR) is 272 cm³/mol. The van der Waals surface area contributed by atoms with Gasteiger partial charge in [-0.1, -0.05) is 190 Å². The topological polar surface area (TPSA) is 108 Å². The van der Waals surface area contributed by atoms with E-state index in [-0.39, 0.29) is 32.2 Å². The lowest BCUT2D eigenvalue weighted by Crippen LogP contribution is -2.40. The van der Waals surface area contributed by atoms with Crippen molar-refractivity contribution < 1.29 is 42.9 Å². The molecule has 376 valence electrons. The molecule has 0 saturated heterocycles. The van der Waals surface area contributed by atoms with Gasteiger partial charge in [0.05, 0.1) is 34.4 Å². The normalized spacial score (nSPS) is 13.3. The van der Waals surface area contributed by atoms with E-state index in [0.717, 1.165) is 83.5 Å². The van der Waals surface area contributed by atoms with Crippen molar-refractivity contribution in [3.63, 3.8) is 0 Å². The van der Waals surface area contributed by atoms with Crippen LogP contribution in [-0.2, 0) is 33.3 Å². The van der Waals surface area contributed by atoms with Gasteiger partial charge in [0.2, 0.25) is 0 Å². The zero-order valence-electron chi connectivity index (χ0n) is 42.6. The van der Waals surface area contributed by atoms with Crippen LogP contribution in [-0.4, -0.2) is 87.4 Å². The average Bonchev–Trinajstić information content (AvgIpc) is 3.27. The van der Waals surface area contributed by atoms with Gasteiger partial charge in [-0.05, 0) is 77.0 Å². The van der Waals surface area contributed by atoms with E-state index in [1.54, 1.807) is 0 Å². The first-order valence-electron chi connectivity index (χ1n) is 26.5. The lowest BCUT2D eigenvalue weighted by atomic mass is 10.1. The predicted octanol–water partition coefficient (Wildman–Crippen LogP) is 14.9. The zero-order valence-corrected chi connectivity index (χ0v) is 42.6. The molecule has 0 heterocycles. The van der Waals surface area contributed by atoms with Crippen LogP contribution in [0.5, 0.6) is 0 Å². The molecule has 2 unspecified atom stereocenters. The Morgan fingerprint density at radius 3 is 1.32 bits per heavy atom. The molecular weight excluding hydrogens is 815 g/mol. The van der Waals surface area contributed by atoms with Gasteiger partial charge in [0, 0.05) is 12.8 Å². The lowest BCUT2D eigenvalue weighted by molar-refractivity contribution is -0.870. The van der Waals surface area contributed by atoms with Crippen molar-refractivity contribution in [2.45, 2.75) is 232 Å². The highest BCUT2D eigenvalue weighted by molar-refractivity contribution is 5.71. The summed E-state index contributed by atoms with van der Waals surface area (Å²) in [6, 6.07) is 0. The standard InChI is InChI=1S/C56H99NO8/c1-6-8-10-12-14-16-18-20-22-24-26-27-29-30-32-34-36-38-40-42-44-46-53(58)63-50-52(51-64-56(55(60)61)62-49-48-57(3,4)5)65-54(59)47-45-43-41-39-37-35-33-31-28-25-23-21-19-17-15-13-11-9-7-2/h9,11,15,17,21,23-24,26,28,31,52,56H,6-8,10,12-14,16,18-20,22,25,27,29-30,32-51H2,1-5H3/p+1/b11-9-,17-15-,23-21-,26-24-,31-28-. The van der Waals surface area contributed by atoms with Crippen LogP contribution in [0, 0.1) is 0 Å². The van der Waals surface area contributed by atoms with Crippen molar-refractivity contribution in [1.29, 1.82) is 0 Å². The molecular formula is C56H100NO8+. The van der Waals surface area contributed by atoms with Gasteiger partial charge in [-0.3, -0.25) is 9.59 Å². The Balaban J connectivity index is 4.34. The minimum atomic E-state index is -1.52. The molecule has 0 aliphatic carbocycles. The maximum Gasteiger partial charge on any atom is 0.361 e. The number of quaternary nitrogens is 1. The number of hydrogen-bond acceptors (Lipinski definition) is 7. The highest BCUT2D eigenvalue weighted by Crippen LogP contribution is 2.15. The Morgan fingerprint density at radius 2 is 0.877 bits per heavy atom. The molecule has 0 aliphatic rings. The second kappa shape index (κ2) is 47.5. The number of carbonyl (C=O) groups is 3. The summed E-state index contributed by atoms with van der Waals surface area (Å²) in [5.74, 6) is -2.03. The fourth-order valence-electron chi connectivity index (χ4n) is 7.17. The third-order valence-corrected chi connectivity index (χ3v) is 11.3. The maximum absolute atomic E-state index is 12.8. The monoisotopic (exact) mass is 915 g/mol. The second-order valence-corrected chi connectivity index (χ2v) is 18.8. The summed E-state index contributed by atoms with van der Waals surface area (Å²) in [6.45, 7) is 4.75. The SMILES string of the molecule is CC/C=C\C/C=C\C/C=C\C/C=C\CCCCCCCCC(=O)OC(COC(=O)CCCCCCCCCCC/C=C\CCCCCCCCCC)COC(OCC[N+](C)(C)C)C(=O)O. The van der Waals surface area contributed by atoms with Crippen molar-refractivity contribution in [3.8, 4) is 0 Å². The summed E-state index contributed by atoms with van der Waals surface area (Å²) in [5, 5.41) is 9.68. The van der Waals surface area contributed by atoms with Crippen LogP contribution in [0.1, 0.15) is 219 Å². The molecule has 65 heavy (non-hydrogen) atoms. The maximum atomic E-state index is 12.8. The number of rotatable bonds is 48. The van der Waals surface area contributed by atoms with Gasteiger partial charge in [0.1, 0.15) is 13.2 Å². The summed E-state index contributed by atoms with van der Waals surface area (Å²) in [4.78, 5) is 37.3. The molecule has 0 amide bonds. The van der Waals surface area contributed by atoms with Crippen LogP contribution >= 0.6 is 0 Å². The first-order valence-corrected chi connectivity index (χ1v) is 26.5. The number of aliphatic carboxylic acids is 1. The number of hydrogen-bond donors (Lipinski definition) is 1. The zero-order chi connectivity index (χ0) is 47.7. The first kappa shape index (κ1) is 62.0. The number of carboxylic acids is 1. The molecule has 9 heteroatoms. The molecule has 2 atom stereocenters. The summed E-state index contributed by atoms with van der Waals surface area (Å²) < 4.78 is 22.8. The van der Waals surface area contributed by atoms with Crippen LogP contribution < -0.4 is 0 Å². The minimum Gasteiger partial charge on any atom is -0.477 e. The number of esters is 2. The largest absolute Gasteiger partial charge is 0.477 e. The minimum absolute atomic E-state index is 0.182. The average molecular weight is 915 g/mol. The summed E-state index contributed by atoms with van der Waals surface area (Å²) in [6.07, 6.45) is 55.7. The first-order chi connectivity index (χ1) is 31.6. The van der Waals surface area contributed by atoms with E-state index in [0.29, 0.717) is 23.9 Å². The molecule has 0 aromatic carbocycles. The number of unbranched alkanes of at least 4 members (excludes halogenated alkanes) is 23. The van der Waals surface area contributed by atoms with Crippen molar-refractivity contribution >= 4 is 17.9 Å². The molecule has 0 aromatic heterocycles. The van der Waals surface area contributed by atoms with Crippen molar-refractivity contribution in [2.24, 2.45) is 0 Å². The van der Waals surface area contributed by atoms with Crippen LogP contribution in [0.2, 0.25) is 0 Å². The Kier molecular flexibility index (Phi) is 45.3. The number of carboxylic acid groups (broad SMARTS) is 1. The number of likely N-dealkylation sites (N-methyl/N-ethyl adjacent to an activating group) is 1. The van der Waals surface area contributed by atoms with Gasteiger partial charge >= 0.3 is 17.9 Å². The van der Waals surface area contributed by atoms with E-state index in [9.17, 15) is 19.5 Å². The van der Waals surface area contributed by atoms with E-state index in [4.69, 9.17) is 18.9 Å². The molecule has 0 spiro atoms. The van der Waals surface area contributed by atoms with Crippen molar-refractivity contribution in [2.75, 3.05) is 47.5 Å². The number of carbonyl (C=O) groups excluding carboxylic acids is 2. The molecule has 0 rings (SSSR count). The van der Waals surface area contributed by atoms with E-state index >= 15 is 0 Å². The molecule has 0 aliphatic heterocycles. The molecule has 1 N–H and O–H groups in total.